The van der Waals surface area contributed by atoms with E-state index in [2.05, 4.69) is 36.1 Å². The summed E-state index contributed by atoms with van der Waals surface area (Å²) in [6.07, 6.45) is 2.47. The van der Waals surface area contributed by atoms with Crippen LogP contribution in [0.4, 0.5) is 0 Å². The molecular weight excluding hydrogens is 198 g/mol. The van der Waals surface area contributed by atoms with Crippen molar-refractivity contribution in [2.45, 2.75) is 38.4 Å². The van der Waals surface area contributed by atoms with E-state index in [0.717, 1.165) is 26.2 Å². The molecule has 0 N–H and O–H groups in total. The highest BCUT2D eigenvalue weighted by atomic mass is 16.5. The van der Waals surface area contributed by atoms with E-state index in [4.69, 9.17) is 4.74 Å². The average molecular weight is 217 g/mol. The summed E-state index contributed by atoms with van der Waals surface area (Å²) in [4.78, 5) is 2.59. The molecule has 0 radical (unpaired) electrons. The summed E-state index contributed by atoms with van der Waals surface area (Å²) >= 11 is 0. The molecule has 2 unspecified atom stereocenters. The molecule has 86 valence electrons. The van der Waals surface area contributed by atoms with Crippen molar-refractivity contribution in [2.75, 3.05) is 13.2 Å². The molecule has 2 saturated heterocycles. The highest BCUT2D eigenvalue weighted by molar-refractivity contribution is 5.23. The second-order valence-electron chi connectivity index (χ2n) is 4.92. The number of benzene rings is 1. The fourth-order valence-corrected chi connectivity index (χ4v) is 2.76. The fourth-order valence-electron chi connectivity index (χ4n) is 2.76. The predicted octanol–water partition coefficient (Wildman–Crippen LogP) is 2.22. The Kier molecular flexibility index (Phi) is 2.70. The van der Waals surface area contributed by atoms with Gasteiger partial charge in [0.15, 0.2) is 0 Å². The van der Waals surface area contributed by atoms with Crippen molar-refractivity contribution < 1.29 is 4.74 Å². The number of aryl methyl sites for hydroxylation is 1. The Morgan fingerprint density at radius 1 is 1.12 bits per heavy atom. The molecule has 3 rings (SSSR count). The van der Waals surface area contributed by atoms with Crippen molar-refractivity contribution in [2.24, 2.45) is 0 Å². The maximum absolute atomic E-state index is 5.49. The van der Waals surface area contributed by atoms with Gasteiger partial charge in [0.1, 0.15) is 0 Å². The van der Waals surface area contributed by atoms with Gasteiger partial charge >= 0.3 is 0 Å². The van der Waals surface area contributed by atoms with Crippen molar-refractivity contribution in [3.8, 4) is 0 Å². The molecule has 2 fully saturated rings. The topological polar surface area (TPSA) is 12.5 Å². The normalized spacial score (nSPS) is 28.8. The van der Waals surface area contributed by atoms with Gasteiger partial charge in [0.25, 0.3) is 0 Å². The van der Waals surface area contributed by atoms with Crippen molar-refractivity contribution >= 4 is 0 Å². The predicted molar refractivity (Wildman–Crippen MR) is 64.4 cm³/mol. The monoisotopic (exact) mass is 217 g/mol. The molecule has 0 aromatic heterocycles. The lowest BCUT2D eigenvalue weighted by Gasteiger charge is -2.52. The number of fused-ring (bicyclic) bond motifs is 2. The highest BCUT2D eigenvalue weighted by Gasteiger charge is 2.41. The van der Waals surface area contributed by atoms with Gasteiger partial charge in [-0.25, -0.2) is 0 Å². The molecule has 2 nitrogen and oxygen atoms in total. The Bertz CT molecular complexity index is 346. The van der Waals surface area contributed by atoms with E-state index in [1.54, 1.807) is 0 Å². The third-order valence-corrected chi connectivity index (χ3v) is 3.90. The van der Waals surface area contributed by atoms with Gasteiger partial charge in [0.05, 0.1) is 13.2 Å². The zero-order chi connectivity index (χ0) is 11.0. The largest absolute Gasteiger partial charge is 0.378 e. The molecule has 2 atom stereocenters. The summed E-state index contributed by atoms with van der Waals surface area (Å²) in [7, 11) is 0. The van der Waals surface area contributed by atoms with Crippen molar-refractivity contribution in [1.82, 2.24) is 4.90 Å². The summed E-state index contributed by atoms with van der Waals surface area (Å²) in [5, 5.41) is 0. The highest BCUT2D eigenvalue weighted by Crippen LogP contribution is 2.32. The zero-order valence-corrected chi connectivity index (χ0v) is 9.86. The maximum atomic E-state index is 5.49. The summed E-state index contributed by atoms with van der Waals surface area (Å²) < 4.78 is 5.49. The second-order valence-corrected chi connectivity index (χ2v) is 4.92. The number of ether oxygens (including phenoxy) is 1. The quantitative estimate of drug-likeness (QED) is 0.769. The van der Waals surface area contributed by atoms with Gasteiger partial charge in [-0.1, -0.05) is 31.2 Å². The first-order valence-corrected chi connectivity index (χ1v) is 6.28. The van der Waals surface area contributed by atoms with Gasteiger partial charge in [-0.3, -0.25) is 4.90 Å². The van der Waals surface area contributed by atoms with Crippen LogP contribution in [0.25, 0.3) is 0 Å². The Morgan fingerprint density at radius 2 is 1.75 bits per heavy atom. The Labute approximate surface area is 97.2 Å². The molecule has 2 aliphatic heterocycles. The number of nitrogens with zero attached hydrogens (tertiary/aromatic N) is 1. The van der Waals surface area contributed by atoms with Crippen molar-refractivity contribution in [1.29, 1.82) is 0 Å². The Balaban J connectivity index is 1.65. The number of hydrogen-bond donors (Lipinski definition) is 0. The third kappa shape index (κ3) is 1.76. The van der Waals surface area contributed by atoms with E-state index in [9.17, 15) is 0 Å². The molecule has 2 aliphatic rings. The van der Waals surface area contributed by atoms with Crippen LogP contribution in [-0.2, 0) is 17.7 Å². The number of rotatable bonds is 3. The molecule has 2 bridgehead atoms. The van der Waals surface area contributed by atoms with Gasteiger partial charge in [-0.2, -0.15) is 0 Å². The van der Waals surface area contributed by atoms with Gasteiger partial charge in [-0.15, -0.1) is 0 Å². The molecule has 1 aromatic rings. The van der Waals surface area contributed by atoms with Gasteiger partial charge < -0.3 is 4.74 Å². The zero-order valence-electron chi connectivity index (χ0n) is 9.86. The van der Waals surface area contributed by atoms with E-state index < -0.39 is 0 Å². The second kappa shape index (κ2) is 4.19. The Morgan fingerprint density at radius 3 is 2.31 bits per heavy atom. The summed E-state index contributed by atoms with van der Waals surface area (Å²) in [5.41, 5.74) is 2.87. The van der Waals surface area contributed by atoms with Crippen LogP contribution in [0.5, 0.6) is 0 Å². The average Bonchev–Trinajstić information content (AvgIpc) is 2.37. The first-order valence-electron chi connectivity index (χ1n) is 6.28. The maximum Gasteiger partial charge on any atom is 0.0623 e. The minimum absolute atomic E-state index is 0.685. The molecule has 0 spiro atoms. The van der Waals surface area contributed by atoms with Crippen LogP contribution in [0.15, 0.2) is 24.3 Å². The lowest BCUT2D eigenvalue weighted by molar-refractivity contribution is -0.131. The van der Waals surface area contributed by atoms with Crippen molar-refractivity contribution in [3.63, 3.8) is 0 Å². The van der Waals surface area contributed by atoms with Crippen LogP contribution >= 0.6 is 0 Å². The number of morpholine rings is 1. The van der Waals surface area contributed by atoms with E-state index in [0.29, 0.717) is 12.1 Å². The minimum Gasteiger partial charge on any atom is -0.378 e. The molecule has 0 aliphatic carbocycles. The van der Waals surface area contributed by atoms with E-state index >= 15 is 0 Å². The summed E-state index contributed by atoms with van der Waals surface area (Å²) in [6, 6.07) is 10.4. The smallest absolute Gasteiger partial charge is 0.0623 e. The van der Waals surface area contributed by atoms with Crippen LogP contribution in [0.1, 0.15) is 24.5 Å². The minimum atomic E-state index is 0.685. The van der Waals surface area contributed by atoms with Crippen LogP contribution in [-0.4, -0.2) is 30.2 Å². The van der Waals surface area contributed by atoms with Crippen LogP contribution in [0, 0.1) is 0 Å². The fraction of sp³-hybridized carbons (Fsp3) is 0.571. The molecule has 1 aromatic carbocycles. The molecule has 2 heteroatoms. The van der Waals surface area contributed by atoms with Crippen LogP contribution in [0.3, 0.4) is 0 Å². The summed E-state index contributed by atoms with van der Waals surface area (Å²) in [5.74, 6) is 0. The molecule has 16 heavy (non-hydrogen) atoms. The lowest BCUT2D eigenvalue weighted by atomic mass is 9.90. The van der Waals surface area contributed by atoms with E-state index in [1.165, 1.54) is 17.5 Å². The van der Waals surface area contributed by atoms with Gasteiger partial charge in [0, 0.05) is 18.6 Å². The van der Waals surface area contributed by atoms with Crippen molar-refractivity contribution in [3.05, 3.63) is 35.4 Å². The molecule has 2 heterocycles. The van der Waals surface area contributed by atoms with Crippen LogP contribution < -0.4 is 0 Å². The SMILES string of the molecule is CCc1ccc(CN2C3COCC2C3)cc1. The number of hydrogen-bond acceptors (Lipinski definition) is 2. The standard InChI is InChI=1S/C14H19NO/c1-2-11-3-5-12(6-4-11)8-15-13-7-14(15)10-16-9-13/h3-6,13-14H,2,7-10H2,1H3. The van der Waals surface area contributed by atoms with E-state index in [1.807, 2.05) is 0 Å². The first kappa shape index (κ1) is 10.3. The first-order chi connectivity index (χ1) is 7.86. The third-order valence-electron chi connectivity index (χ3n) is 3.90. The van der Waals surface area contributed by atoms with Gasteiger partial charge in [0.2, 0.25) is 0 Å². The summed E-state index contributed by atoms with van der Waals surface area (Å²) in [6.45, 7) is 5.17. The Hall–Kier alpha value is -0.860. The molecule has 0 saturated carbocycles. The van der Waals surface area contributed by atoms with Crippen LogP contribution in [0.2, 0.25) is 0 Å². The van der Waals surface area contributed by atoms with E-state index in [-0.39, 0.29) is 0 Å². The molecular formula is C14H19NO. The lowest BCUT2D eigenvalue weighted by Crippen LogP contribution is -2.62. The van der Waals surface area contributed by atoms with Gasteiger partial charge in [-0.05, 0) is 24.0 Å². The molecule has 0 amide bonds.